The van der Waals surface area contributed by atoms with Crippen molar-refractivity contribution in [3.63, 3.8) is 0 Å². The largest absolute Gasteiger partial charge is 0.460 e. The maximum Gasteiger partial charge on any atom is 0.460 e. The zero-order valence-electron chi connectivity index (χ0n) is 12.5. The molecule has 0 aromatic rings. The van der Waals surface area contributed by atoms with Crippen molar-refractivity contribution in [3.05, 3.63) is 0 Å². The van der Waals surface area contributed by atoms with Crippen LogP contribution in [0.15, 0.2) is 0 Å². The summed E-state index contributed by atoms with van der Waals surface area (Å²) in [4.78, 5) is 23.9. The Hall–Kier alpha value is -1.15. The number of hydrogen-bond acceptors (Lipinski definition) is 2. The van der Waals surface area contributed by atoms with Crippen LogP contribution in [0.3, 0.4) is 0 Å². The third-order valence-electron chi connectivity index (χ3n) is 5.50. The third kappa shape index (κ3) is 2.14. The minimum absolute atomic E-state index is 0.331. The number of alkyl halides is 7. The first-order valence-electron chi connectivity index (χ1n) is 6.99. The van der Waals surface area contributed by atoms with E-state index in [4.69, 9.17) is 0 Å². The molecule has 0 amide bonds. The second kappa shape index (κ2) is 4.69. The second-order valence-electron chi connectivity index (χ2n) is 6.97. The summed E-state index contributed by atoms with van der Waals surface area (Å²) < 4.78 is 89.8. The lowest BCUT2D eigenvalue weighted by atomic mass is 9.42. The highest BCUT2D eigenvalue weighted by atomic mass is 19.4. The van der Waals surface area contributed by atoms with E-state index >= 15 is 0 Å². The van der Waals surface area contributed by atoms with Gasteiger partial charge in [-0.3, -0.25) is 9.59 Å². The molecule has 0 N–H and O–H groups in total. The average molecular weight is 348 g/mol. The van der Waals surface area contributed by atoms with Crippen LogP contribution in [0.1, 0.15) is 27.2 Å². The third-order valence-corrected chi connectivity index (χ3v) is 5.50. The number of Topliss-reactive ketones (excluding diaryl/α,β-unsaturated/α-hetero) is 2. The Morgan fingerprint density at radius 3 is 1.91 bits per heavy atom. The van der Waals surface area contributed by atoms with Gasteiger partial charge < -0.3 is 0 Å². The van der Waals surface area contributed by atoms with Crippen LogP contribution in [0.25, 0.3) is 0 Å². The molecule has 3 rings (SSSR count). The van der Waals surface area contributed by atoms with Crippen molar-refractivity contribution in [2.75, 3.05) is 0 Å². The van der Waals surface area contributed by atoms with Crippen LogP contribution in [0.5, 0.6) is 0 Å². The van der Waals surface area contributed by atoms with Gasteiger partial charge >= 0.3 is 18.0 Å². The van der Waals surface area contributed by atoms with Gasteiger partial charge in [0.05, 0.1) is 5.92 Å². The molecule has 0 aliphatic heterocycles. The van der Waals surface area contributed by atoms with E-state index < -0.39 is 52.8 Å². The van der Waals surface area contributed by atoms with Crippen LogP contribution in [0, 0.1) is 29.1 Å². The van der Waals surface area contributed by atoms with Gasteiger partial charge in [-0.1, -0.05) is 20.8 Å². The summed E-state index contributed by atoms with van der Waals surface area (Å²) in [5, 5.41) is 0. The minimum atomic E-state index is -6.59. The summed E-state index contributed by atoms with van der Waals surface area (Å²) in [5.41, 5.74) is -0.574. The molecule has 0 saturated heterocycles. The predicted octanol–water partition coefficient (Wildman–Crippen LogP) is 3.89. The monoisotopic (exact) mass is 348 g/mol. The first-order chi connectivity index (χ1) is 10.1. The highest BCUT2D eigenvalue weighted by Crippen LogP contribution is 2.62. The summed E-state index contributed by atoms with van der Waals surface area (Å²) in [6.07, 6.45) is -6.26. The van der Waals surface area contributed by atoms with Crippen LogP contribution in [-0.4, -0.2) is 29.6 Å². The van der Waals surface area contributed by atoms with Crippen LogP contribution in [0.4, 0.5) is 30.7 Å². The van der Waals surface area contributed by atoms with Gasteiger partial charge in [-0.25, -0.2) is 0 Å². The summed E-state index contributed by atoms with van der Waals surface area (Å²) in [6.45, 7) is 4.64. The number of hydrogen-bond donors (Lipinski definition) is 0. The Morgan fingerprint density at radius 2 is 1.57 bits per heavy atom. The van der Waals surface area contributed by atoms with E-state index in [1.165, 1.54) is 6.92 Å². The van der Waals surface area contributed by atoms with Crippen molar-refractivity contribution < 1.29 is 40.3 Å². The molecule has 0 heterocycles. The molecule has 0 spiro atoms. The van der Waals surface area contributed by atoms with Crippen molar-refractivity contribution in [1.82, 2.24) is 0 Å². The lowest BCUT2D eigenvalue weighted by molar-refractivity contribution is -0.344. The lowest BCUT2D eigenvalue weighted by Gasteiger charge is -2.60. The molecule has 132 valence electrons. The van der Waals surface area contributed by atoms with Crippen molar-refractivity contribution in [2.24, 2.45) is 29.1 Å². The topological polar surface area (TPSA) is 34.1 Å². The Kier molecular flexibility index (Phi) is 3.71. The molecule has 0 aromatic carbocycles. The standard InChI is InChI=1S/C14H15F7O2/c1-5-6-4-7(11(6,2)3)9(22)8(5)10(23)12(15,16)13(17,18)14(19,20)21/h5-8H,4H2,1-3H3. The maximum absolute atomic E-state index is 13.6. The first-order valence-corrected chi connectivity index (χ1v) is 6.99. The fraction of sp³-hybridized carbons (Fsp3) is 0.857. The van der Waals surface area contributed by atoms with Gasteiger partial charge in [-0.05, 0) is 23.7 Å². The molecule has 2 bridgehead atoms. The number of rotatable bonds is 3. The molecule has 0 radical (unpaired) electrons. The fourth-order valence-corrected chi connectivity index (χ4v) is 3.94. The molecular weight excluding hydrogens is 333 g/mol. The van der Waals surface area contributed by atoms with Gasteiger partial charge in [0, 0.05) is 5.92 Å². The Bertz CT molecular complexity index is 550. The number of fused-ring (bicyclic) bond motifs is 2. The second-order valence-corrected chi connectivity index (χ2v) is 6.97. The van der Waals surface area contributed by atoms with E-state index in [2.05, 4.69) is 0 Å². The summed E-state index contributed by atoms with van der Waals surface area (Å²) in [6, 6.07) is 0. The molecule has 3 fully saturated rings. The van der Waals surface area contributed by atoms with Crippen LogP contribution >= 0.6 is 0 Å². The van der Waals surface area contributed by atoms with Crippen molar-refractivity contribution in [1.29, 1.82) is 0 Å². The smallest absolute Gasteiger partial charge is 0.299 e. The van der Waals surface area contributed by atoms with Crippen LogP contribution in [-0.2, 0) is 9.59 Å². The van der Waals surface area contributed by atoms with Crippen molar-refractivity contribution >= 4 is 11.6 Å². The van der Waals surface area contributed by atoms with Gasteiger partial charge in [-0.2, -0.15) is 30.7 Å². The quantitative estimate of drug-likeness (QED) is 0.573. The minimum Gasteiger partial charge on any atom is -0.299 e. The molecule has 4 atom stereocenters. The van der Waals surface area contributed by atoms with Gasteiger partial charge in [0.1, 0.15) is 5.78 Å². The van der Waals surface area contributed by atoms with Crippen LogP contribution < -0.4 is 0 Å². The maximum atomic E-state index is 13.6. The zero-order valence-corrected chi connectivity index (χ0v) is 12.5. The number of ketones is 2. The van der Waals surface area contributed by atoms with Crippen molar-refractivity contribution in [2.45, 2.75) is 45.2 Å². The molecule has 3 saturated carbocycles. The van der Waals surface area contributed by atoms with Crippen molar-refractivity contribution in [3.8, 4) is 0 Å². The Morgan fingerprint density at radius 1 is 1.09 bits per heavy atom. The summed E-state index contributed by atoms with van der Waals surface area (Å²) in [5.74, 6) is -20.4. The van der Waals surface area contributed by atoms with E-state index in [9.17, 15) is 40.3 Å². The summed E-state index contributed by atoms with van der Waals surface area (Å²) >= 11 is 0. The Balaban J connectivity index is 2.36. The van der Waals surface area contributed by atoms with E-state index in [-0.39, 0.29) is 5.92 Å². The number of carbonyl (C=O) groups is 2. The molecule has 9 heteroatoms. The molecule has 23 heavy (non-hydrogen) atoms. The highest BCUT2D eigenvalue weighted by molar-refractivity contribution is 6.08. The number of carbonyl (C=O) groups excluding carboxylic acids is 2. The summed E-state index contributed by atoms with van der Waals surface area (Å²) in [7, 11) is 0. The predicted molar refractivity (Wildman–Crippen MR) is 64.0 cm³/mol. The van der Waals surface area contributed by atoms with E-state index in [1.54, 1.807) is 13.8 Å². The zero-order chi connectivity index (χ0) is 18.2. The molecule has 0 aromatic heterocycles. The van der Waals surface area contributed by atoms with E-state index in [0.29, 0.717) is 6.42 Å². The SMILES string of the molecule is CC1C(C(=O)C(F)(F)C(F)(F)C(F)(F)F)C(=O)C2CC1C2(C)C. The Labute approximate surface area is 127 Å². The van der Waals surface area contributed by atoms with Gasteiger partial charge in [0.15, 0.2) is 0 Å². The van der Waals surface area contributed by atoms with Crippen LogP contribution in [0.2, 0.25) is 0 Å². The first kappa shape index (κ1) is 18.2. The van der Waals surface area contributed by atoms with Gasteiger partial charge in [-0.15, -0.1) is 0 Å². The normalized spacial score (nSPS) is 34.1. The highest BCUT2D eigenvalue weighted by Gasteiger charge is 2.78. The molecule has 3 aliphatic carbocycles. The molecule has 3 aliphatic rings. The lowest BCUT2D eigenvalue weighted by Crippen LogP contribution is -2.66. The average Bonchev–Trinajstić information content (AvgIpc) is 2.35. The van der Waals surface area contributed by atoms with E-state index in [0.717, 1.165) is 0 Å². The number of halogens is 7. The van der Waals surface area contributed by atoms with Gasteiger partial charge in [0.25, 0.3) is 0 Å². The molecule has 4 unspecified atom stereocenters. The fourth-order valence-electron chi connectivity index (χ4n) is 3.94. The van der Waals surface area contributed by atoms with Gasteiger partial charge in [0.2, 0.25) is 5.78 Å². The van der Waals surface area contributed by atoms with E-state index in [1.807, 2.05) is 0 Å². The molecular formula is C14H15F7O2. The molecule has 2 nitrogen and oxygen atoms in total.